The minimum Gasteiger partial charge on any atom is -0.330 e. The topological polar surface area (TPSA) is 26.0 Å². The fourth-order valence-corrected chi connectivity index (χ4v) is 3.83. The van der Waals surface area contributed by atoms with Gasteiger partial charge in [-0.3, -0.25) is 0 Å². The van der Waals surface area contributed by atoms with E-state index in [1.165, 1.54) is 18.9 Å². The first-order chi connectivity index (χ1) is 3.63. The van der Waals surface area contributed by atoms with Crippen LogP contribution in [0.25, 0.3) is 0 Å². The lowest BCUT2D eigenvalue weighted by atomic mass is 10.3. The van der Waals surface area contributed by atoms with Gasteiger partial charge in [-0.15, -0.1) is 0 Å². The molecule has 0 spiro atoms. The van der Waals surface area contributed by atoms with Crippen LogP contribution >= 0.6 is 0 Å². The summed E-state index contributed by atoms with van der Waals surface area (Å²) < 4.78 is 0. The van der Waals surface area contributed by atoms with E-state index in [0.717, 1.165) is 0 Å². The molecule has 1 fully saturated rings. The Kier molecular flexibility index (Phi) is 1.45. The SMILES string of the molecule is C[Si]1(C)CCC[C@H]1N. The molecule has 0 aromatic heterocycles. The zero-order valence-corrected chi connectivity index (χ0v) is 6.78. The van der Waals surface area contributed by atoms with Gasteiger partial charge in [-0.1, -0.05) is 25.6 Å². The molecule has 1 nitrogen and oxygen atoms in total. The molecule has 0 bridgehead atoms. The summed E-state index contributed by atoms with van der Waals surface area (Å²) in [5.74, 6) is 0. The molecule has 0 radical (unpaired) electrons. The molecule has 1 aliphatic rings. The summed E-state index contributed by atoms with van der Waals surface area (Å²) >= 11 is 0. The molecule has 0 amide bonds. The lowest BCUT2D eigenvalue weighted by Crippen LogP contribution is -2.42. The first-order valence-corrected chi connectivity index (χ1v) is 6.67. The maximum absolute atomic E-state index is 5.87. The summed E-state index contributed by atoms with van der Waals surface area (Å²) in [6.45, 7) is 4.79. The van der Waals surface area contributed by atoms with Crippen molar-refractivity contribution in [1.82, 2.24) is 0 Å². The van der Waals surface area contributed by atoms with Crippen molar-refractivity contribution in [3.05, 3.63) is 0 Å². The third-order valence-electron chi connectivity index (χ3n) is 2.34. The molecule has 1 saturated heterocycles. The predicted molar refractivity (Wildman–Crippen MR) is 39.5 cm³/mol. The highest BCUT2D eigenvalue weighted by molar-refractivity contribution is 6.79. The maximum Gasteiger partial charge on any atom is 0.0662 e. The molecule has 2 heteroatoms. The Labute approximate surface area is 52.3 Å². The lowest BCUT2D eigenvalue weighted by Gasteiger charge is -2.19. The molecule has 1 atom stereocenters. The van der Waals surface area contributed by atoms with E-state index in [1.54, 1.807) is 0 Å². The molecule has 48 valence electrons. The van der Waals surface area contributed by atoms with E-state index in [0.29, 0.717) is 5.67 Å². The molecular weight excluding hydrogens is 114 g/mol. The highest BCUT2D eigenvalue weighted by Crippen LogP contribution is 2.26. The highest BCUT2D eigenvalue weighted by Gasteiger charge is 2.33. The lowest BCUT2D eigenvalue weighted by molar-refractivity contribution is 0.800. The van der Waals surface area contributed by atoms with Crippen molar-refractivity contribution in [3.63, 3.8) is 0 Å². The molecule has 1 aliphatic heterocycles. The van der Waals surface area contributed by atoms with Gasteiger partial charge in [0.15, 0.2) is 0 Å². The van der Waals surface area contributed by atoms with Crippen molar-refractivity contribution in [3.8, 4) is 0 Å². The molecular formula is C6H15NSi. The fraction of sp³-hybridized carbons (Fsp3) is 1.00. The molecule has 0 aromatic carbocycles. The Hall–Kier alpha value is 0.177. The van der Waals surface area contributed by atoms with E-state index in [1.807, 2.05) is 0 Å². The Morgan fingerprint density at radius 2 is 2.12 bits per heavy atom. The second kappa shape index (κ2) is 1.85. The quantitative estimate of drug-likeness (QED) is 0.491. The number of hydrogen-bond acceptors (Lipinski definition) is 1. The van der Waals surface area contributed by atoms with E-state index in [2.05, 4.69) is 13.1 Å². The van der Waals surface area contributed by atoms with Crippen molar-refractivity contribution in [2.75, 3.05) is 0 Å². The van der Waals surface area contributed by atoms with Gasteiger partial charge in [-0.2, -0.15) is 0 Å². The van der Waals surface area contributed by atoms with Crippen LogP contribution in [0, 0.1) is 0 Å². The predicted octanol–water partition coefficient (Wildman–Crippen LogP) is 1.36. The van der Waals surface area contributed by atoms with Gasteiger partial charge in [0, 0.05) is 0 Å². The van der Waals surface area contributed by atoms with Crippen LogP contribution in [0.1, 0.15) is 12.8 Å². The molecule has 1 heterocycles. The minimum absolute atomic E-state index is 0.600. The summed E-state index contributed by atoms with van der Waals surface area (Å²) in [5.41, 5.74) is 6.47. The van der Waals surface area contributed by atoms with Gasteiger partial charge >= 0.3 is 0 Å². The summed E-state index contributed by atoms with van der Waals surface area (Å²) in [7, 11) is -0.866. The van der Waals surface area contributed by atoms with E-state index in [9.17, 15) is 0 Å². The first-order valence-electron chi connectivity index (χ1n) is 3.38. The van der Waals surface area contributed by atoms with Crippen LogP contribution in [-0.4, -0.2) is 13.7 Å². The Bertz CT molecular complexity index is 90.5. The van der Waals surface area contributed by atoms with Gasteiger partial charge in [-0.25, -0.2) is 0 Å². The molecule has 1 rings (SSSR count). The van der Waals surface area contributed by atoms with Crippen molar-refractivity contribution in [2.45, 2.75) is 37.6 Å². The van der Waals surface area contributed by atoms with E-state index < -0.39 is 8.07 Å². The standard InChI is InChI=1S/C6H15NSi/c1-8(2)5-3-4-6(8)7/h6H,3-5,7H2,1-2H3/t6-/m0/s1. The summed E-state index contributed by atoms with van der Waals surface area (Å²) in [6, 6.07) is 1.45. The number of nitrogens with two attached hydrogens (primary N) is 1. The largest absolute Gasteiger partial charge is 0.330 e. The van der Waals surface area contributed by atoms with Gasteiger partial charge < -0.3 is 5.73 Å². The number of rotatable bonds is 0. The zero-order chi connectivity index (χ0) is 6.20. The van der Waals surface area contributed by atoms with Gasteiger partial charge in [0.2, 0.25) is 0 Å². The van der Waals surface area contributed by atoms with Crippen molar-refractivity contribution >= 4 is 8.07 Å². The second-order valence-electron chi connectivity index (χ2n) is 3.49. The molecule has 0 aliphatic carbocycles. The van der Waals surface area contributed by atoms with Crippen LogP contribution in [0.4, 0.5) is 0 Å². The zero-order valence-electron chi connectivity index (χ0n) is 5.78. The van der Waals surface area contributed by atoms with E-state index in [4.69, 9.17) is 5.73 Å². The van der Waals surface area contributed by atoms with Crippen LogP contribution in [-0.2, 0) is 0 Å². The molecule has 2 N–H and O–H groups in total. The number of hydrogen-bond donors (Lipinski definition) is 1. The third-order valence-corrected chi connectivity index (χ3v) is 6.28. The summed E-state index contributed by atoms with van der Waals surface area (Å²) in [4.78, 5) is 0. The molecule has 0 aromatic rings. The van der Waals surface area contributed by atoms with Gasteiger partial charge in [0.1, 0.15) is 0 Å². The van der Waals surface area contributed by atoms with Crippen LogP contribution in [0.5, 0.6) is 0 Å². The van der Waals surface area contributed by atoms with E-state index >= 15 is 0 Å². The monoisotopic (exact) mass is 129 g/mol. The Morgan fingerprint density at radius 1 is 1.50 bits per heavy atom. The van der Waals surface area contributed by atoms with Crippen LogP contribution in [0.3, 0.4) is 0 Å². The average molecular weight is 129 g/mol. The van der Waals surface area contributed by atoms with Crippen LogP contribution in [0.15, 0.2) is 0 Å². The highest BCUT2D eigenvalue weighted by atomic mass is 28.3. The van der Waals surface area contributed by atoms with Crippen molar-refractivity contribution < 1.29 is 0 Å². The second-order valence-corrected chi connectivity index (χ2v) is 8.71. The normalized spacial score (nSPS) is 35.6. The van der Waals surface area contributed by atoms with Gasteiger partial charge in [0.05, 0.1) is 8.07 Å². The Balaban J connectivity index is 2.54. The van der Waals surface area contributed by atoms with Crippen LogP contribution in [0.2, 0.25) is 19.1 Å². The molecule has 0 unspecified atom stereocenters. The van der Waals surface area contributed by atoms with Crippen molar-refractivity contribution in [1.29, 1.82) is 0 Å². The third kappa shape index (κ3) is 0.953. The summed E-state index contributed by atoms with van der Waals surface area (Å²) in [6.07, 6.45) is 2.68. The van der Waals surface area contributed by atoms with Crippen LogP contribution < -0.4 is 5.73 Å². The fourth-order valence-electron chi connectivity index (χ4n) is 1.35. The Morgan fingerprint density at radius 3 is 2.25 bits per heavy atom. The average Bonchev–Trinajstić information content (AvgIpc) is 1.86. The minimum atomic E-state index is -0.866. The smallest absolute Gasteiger partial charge is 0.0662 e. The van der Waals surface area contributed by atoms with E-state index in [-0.39, 0.29) is 0 Å². The molecule has 8 heavy (non-hydrogen) atoms. The van der Waals surface area contributed by atoms with Gasteiger partial charge in [-0.05, 0) is 12.1 Å². The maximum atomic E-state index is 5.87. The molecule has 0 saturated carbocycles. The summed E-state index contributed by atoms with van der Waals surface area (Å²) in [5, 5.41) is 0. The van der Waals surface area contributed by atoms with Gasteiger partial charge in [0.25, 0.3) is 0 Å². The first kappa shape index (κ1) is 6.30. The van der Waals surface area contributed by atoms with Crippen molar-refractivity contribution in [2.24, 2.45) is 5.73 Å².